The molecule has 0 aliphatic carbocycles. The number of rotatable bonds is 5. The number of urea groups is 1. The highest BCUT2D eigenvalue weighted by Gasteiger charge is 2.12. The van der Waals surface area contributed by atoms with Gasteiger partial charge in [0.1, 0.15) is 24.0 Å². The molecule has 0 heterocycles. The van der Waals surface area contributed by atoms with E-state index in [9.17, 15) is 9.59 Å². The van der Waals surface area contributed by atoms with Gasteiger partial charge in [0, 0.05) is 5.56 Å². The van der Waals surface area contributed by atoms with Crippen LogP contribution >= 0.6 is 22.6 Å². The number of nitrogens with two attached hydrogens (primary N) is 1. The summed E-state index contributed by atoms with van der Waals surface area (Å²) in [4.78, 5) is 22.4. The Kier molecular flexibility index (Phi) is 6.92. The Morgan fingerprint density at radius 3 is 2.59 bits per heavy atom. The Morgan fingerprint density at radius 1 is 1.22 bits per heavy atom. The van der Waals surface area contributed by atoms with Gasteiger partial charge in [0.25, 0.3) is 5.91 Å². The molecule has 2 aromatic rings. The fraction of sp³-hybridized carbons (Fsp3) is 0.0526. The number of nitriles is 2. The summed E-state index contributed by atoms with van der Waals surface area (Å²) in [6, 6.07) is 15.1. The van der Waals surface area contributed by atoms with Crippen LogP contribution in [0.5, 0.6) is 5.75 Å². The van der Waals surface area contributed by atoms with Crippen molar-refractivity contribution in [3.8, 4) is 17.9 Å². The van der Waals surface area contributed by atoms with Crippen LogP contribution in [0.25, 0.3) is 6.08 Å². The van der Waals surface area contributed by atoms with Gasteiger partial charge in [0.15, 0.2) is 0 Å². The van der Waals surface area contributed by atoms with Gasteiger partial charge in [-0.15, -0.1) is 0 Å². The largest absolute Gasteiger partial charge is 0.488 e. The van der Waals surface area contributed by atoms with E-state index < -0.39 is 11.9 Å². The Labute approximate surface area is 169 Å². The highest BCUT2D eigenvalue weighted by atomic mass is 127. The molecule has 0 aliphatic rings. The van der Waals surface area contributed by atoms with Crippen molar-refractivity contribution in [1.82, 2.24) is 5.32 Å². The van der Waals surface area contributed by atoms with Gasteiger partial charge in [-0.3, -0.25) is 10.1 Å². The van der Waals surface area contributed by atoms with E-state index in [1.807, 2.05) is 17.4 Å². The average Bonchev–Trinajstić information content (AvgIpc) is 2.65. The normalized spacial score (nSPS) is 10.4. The number of amides is 3. The van der Waals surface area contributed by atoms with Crippen LogP contribution in [-0.4, -0.2) is 11.9 Å². The molecule has 3 amide bonds. The summed E-state index contributed by atoms with van der Waals surface area (Å²) in [5, 5.41) is 20.0. The molecule has 8 heteroatoms. The van der Waals surface area contributed by atoms with Crippen molar-refractivity contribution in [3.63, 3.8) is 0 Å². The maximum Gasteiger partial charge on any atom is 0.319 e. The zero-order valence-electron chi connectivity index (χ0n) is 13.9. The van der Waals surface area contributed by atoms with Crippen molar-refractivity contribution in [2.24, 2.45) is 5.73 Å². The topological polar surface area (TPSA) is 129 Å². The molecule has 0 aromatic heterocycles. The lowest BCUT2D eigenvalue weighted by Gasteiger charge is -2.10. The number of halogens is 1. The molecule has 0 atom stereocenters. The molecule has 0 saturated carbocycles. The van der Waals surface area contributed by atoms with E-state index in [2.05, 4.69) is 28.7 Å². The molecule has 3 N–H and O–H groups in total. The maximum atomic E-state index is 11.7. The lowest BCUT2D eigenvalue weighted by molar-refractivity contribution is -0.115. The molecule has 0 bridgehead atoms. The Morgan fingerprint density at radius 2 is 1.96 bits per heavy atom. The predicted octanol–water partition coefficient (Wildman–Crippen LogP) is 2.84. The fourth-order valence-corrected chi connectivity index (χ4v) is 2.82. The van der Waals surface area contributed by atoms with E-state index in [4.69, 9.17) is 21.0 Å². The Hall–Kier alpha value is -3.37. The second-order valence-corrected chi connectivity index (χ2v) is 6.40. The van der Waals surface area contributed by atoms with Crippen LogP contribution in [0.2, 0.25) is 0 Å². The summed E-state index contributed by atoms with van der Waals surface area (Å²) in [6.45, 7) is 0.235. The molecule has 134 valence electrons. The average molecular weight is 472 g/mol. The Bertz CT molecular complexity index is 1000. The fourth-order valence-electron chi connectivity index (χ4n) is 2.13. The summed E-state index contributed by atoms with van der Waals surface area (Å²) >= 11 is 2.07. The zero-order valence-corrected chi connectivity index (χ0v) is 16.1. The van der Waals surface area contributed by atoms with E-state index in [1.54, 1.807) is 36.4 Å². The highest BCUT2D eigenvalue weighted by molar-refractivity contribution is 14.1. The van der Waals surface area contributed by atoms with Gasteiger partial charge < -0.3 is 10.5 Å². The van der Waals surface area contributed by atoms with Crippen LogP contribution in [0.1, 0.15) is 16.7 Å². The molecule has 7 nitrogen and oxygen atoms in total. The molecular formula is C19H13IN4O3. The van der Waals surface area contributed by atoms with Crippen LogP contribution in [0.15, 0.2) is 48.0 Å². The van der Waals surface area contributed by atoms with Gasteiger partial charge in [-0.2, -0.15) is 10.5 Å². The molecule has 0 radical (unpaired) electrons. The number of carbonyl (C=O) groups excluding carboxylic acids is 2. The SMILES string of the molecule is N#C/C(=C/c1ccc(OCc2ccccc2C#N)c(I)c1)C(=O)NC(N)=O. The van der Waals surface area contributed by atoms with E-state index in [1.165, 1.54) is 6.08 Å². The minimum absolute atomic E-state index is 0.235. The number of imide groups is 1. The lowest BCUT2D eigenvalue weighted by Crippen LogP contribution is -2.35. The molecule has 27 heavy (non-hydrogen) atoms. The van der Waals surface area contributed by atoms with E-state index >= 15 is 0 Å². The number of nitrogens with zero attached hydrogens (tertiary/aromatic N) is 2. The molecule has 0 fully saturated rings. The number of primary amides is 1. The zero-order chi connectivity index (χ0) is 19.8. The quantitative estimate of drug-likeness (QED) is 0.393. The number of hydrogen-bond acceptors (Lipinski definition) is 5. The van der Waals surface area contributed by atoms with Crippen LogP contribution in [0, 0.1) is 26.2 Å². The van der Waals surface area contributed by atoms with Gasteiger partial charge in [-0.1, -0.05) is 24.3 Å². The smallest absolute Gasteiger partial charge is 0.319 e. The van der Waals surface area contributed by atoms with Crippen molar-refractivity contribution < 1.29 is 14.3 Å². The molecule has 0 unspecified atom stereocenters. The third-order valence-electron chi connectivity index (χ3n) is 3.39. The van der Waals surface area contributed by atoms with Gasteiger partial charge >= 0.3 is 6.03 Å². The van der Waals surface area contributed by atoms with Gasteiger partial charge in [0.05, 0.1) is 15.2 Å². The first-order valence-electron chi connectivity index (χ1n) is 7.57. The third kappa shape index (κ3) is 5.56. The molecule has 0 saturated heterocycles. The summed E-state index contributed by atoms with van der Waals surface area (Å²) in [6.07, 6.45) is 1.34. The highest BCUT2D eigenvalue weighted by Crippen LogP contribution is 2.24. The van der Waals surface area contributed by atoms with Crippen LogP contribution < -0.4 is 15.8 Å². The number of ether oxygens (including phenoxy) is 1. The lowest BCUT2D eigenvalue weighted by atomic mass is 10.1. The number of carbonyl (C=O) groups is 2. The van der Waals surface area contributed by atoms with Crippen molar-refractivity contribution >= 4 is 40.6 Å². The van der Waals surface area contributed by atoms with Crippen LogP contribution in [0.4, 0.5) is 4.79 Å². The molecule has 0 aliphatic heterocycles. The van der Waals surface area contributed by atoms with Crippen LogP contribution in [0.3, 0.4) is 0 Å². The van der Waals surface area contributed by atoms with Crippen molar-refractivity contribution in [2.45, 2.75) is 6.61 Å². The molecule has 2 rings (SSSR count). The summed E-state index contributed by atoms with van der Waals surface area (Å²) in [5.41, 5.74) is 6.53. The second-order valence-electron chi connectivity index (χ2n) is 5.24. The van der Waals surface area contributed by atoms with E-state index in [0.29, 0.717) is 16.9 Å². The second kappa shape index (κ2) is 9.36. The first-order chi connectivity index (χ1) is 12.9. The minimum Gasteiger partial charge on any atom is -0.488 e. The number of hydrogen-bond donors (Lipinski definition) is 2. The molecular weight excluding hydrogens is 459 g/mol. The summed E-state index contributed by atoms with van der Waals surface area (Å²) in [7, 11) is 0. The molecule has 2 aromatic carbocycles. The van der Waals surface area contributed by atoms with Gasteiger partial charge in [-0.25, -0.2) is 4.79 Å². The predicted molar refractivity (Wildman–Crippen MR) is 106 cm³/mol. The first-order valence-corrected chi connectivity index (χ1v) is 8.65. The third-order valence-corrected chi connectivity index (χ3v) is 4.23. The Balaban J connectivity index is 2.16. The monoisotopic (exact) mass is 472 g/mol. The van der Waals surface area contributed by atoms with Crippen LogP contribution in [-0.2, 0) is 11.4 Å². The summed E-state index contributed by atoms with van der Waals surface area (Å²) < 4.78 is 6.52. The van der Waals surface area contributed by atoms with E-state index in [0.717, 1.165) is 9.13 Å². The van der Waals surface area contributed by atoms with Gasteiger partial charge in [0.2, 0.25) is 0 Å². The minimum atomic E-state index is -1.03. The van der Waals surface area contributed by atoms with E-state index in [-0.39, 0.29) is 12.2 Å². The standard InChI is InChI=1S/C19H13IN4O3/c20-16-8-12(7-15(10-22)18(25)24-19(23)26)5-6-17(16)27-11-14-4-2-1-3-13(14)9-21/h1-8H,11H2,(H3,23,24,25,26)/b15-7-. The van der Waals surface area contributed by atoms with Gasteiger partial charge in [-0.05, 0) is 52.4 Å². The number of benzene rings is 2. The molecule has 0 spiro atoms. The van der Waals surface area contributed by atoms with Crippen molar-refractivity contribution in [3.05, 3.63) is 68.3 Å². The first kappa shape index (κ1) is 19.9. The number of nitrogens with one attached hydrogen (secondary N) is 1. The van der Waals surface area contributed by atoms with Crippen molar-refractivity contribution in [1.29, 1.82) is 10.5 Å². The summed E-state index contributed by atoms with van der Waals surface area (Å²) in [5.74, 6) is -0.269. The van der Waals surface area contributed by atoms with Crippen molar-refractivity contribution in [2.75, 3.05) is 0 Å². The maximum absolute atomic E-state index is 11.7.